The second kappa shape index (κ2) is 5.15. The number of nitrogens with one attached hydrogen (secondary N) is 1. The Morgan fingerprint density at radius 1 is 1.56 bits per heavy atom. The maximum Gasteiger partial charge on any atom is 0.243 e. The van der Waals surface area contributed by atoms with E-state index in [-0.39, 0.29) is 17.5 Å². The third-order valence-corrected chi connectivity index (χ3v) is 3.59. The zero-order chi connectivity index (χ0) is 12.3. The first-order valence-electron chi connectivity index (χ1n) is 6.01. The molecule has 1 saturated heterocycles. The lowest BCUT2D eigenvalue weighted by atomic mass is 9.97. The van der Waals surface area contributed by atoms with Crippen molar-refractivity contribution in [2.45, 2.75) is 45.7 Å². The van der Waals surface area contributed by atoms with Crippen LogP contribution in [-0.4, -0.2) is 42.8 Å². The topological polar surface area (TPSA) is 41.6 Å². The summed E-state index contributed by atoms with van der Waals surface area (Å²) in [4.78, 5) is 14.2. The van der Waals surface area contributed by atoms with Crippen LogP contribution < -0.4 is 5.32 Å². The number of hydrogen-bond donors (Lipinski definition) is 1. The van der Waals surface area contributed by atoms with Gasteiger partial charge in [-0.2, -0.15) is 0 Å². The minimum Gasteiger partial charge on any atom is -0.383 e. The van der Waals surface area contributed by atoms with Crippen molar-refractivity contribution < 1.29 is 9.53 Å². The predicted octanol–water partition coefficient (Wildman–Crippen LogP) is 1.22. The fourth-order valence-corrected chi connectivity index (χ4v) is 2.08. The molecule has 0 aromatic carbocycles. The fourth-order valence-electron chi connectivity index (χ4n) is 2.08. The summed E-state index contributed by atoms with van der Waals surface area (Å²) in [7, 11) is 1.68. The van der Waals surface area contributed by atoms with Gasteiger partial charge in [0.15, 0.2) is 0 Å². The molecule has 1 amide bonds. The average Bonchev–Trinajstić information content (AvgIpc) is 2.54. The summed E-state index contributed by atoms with van der Waals surface area (Å²) >= 11 is 0. The van der Waals surface area contributed by atoms with E-state index >= 15 is 0 Å². The number of carbonyl (C=O) groups is 1. The minimum atomic E-state index is -0.388. The van der Waals surface area contributed by atoms with Gasteiger partial charge in [-0.3, -0.25) is 10.1 Å². The number of hydrogen-bond acceptors (Lipinski definition) is 3. The fraction of sp³-hybridized carbons (Fsp3) is 0.917. The predicted molar refractivity (Wildman–Crippen MR) is 64.0 cm³/mol. The third kappa shape index (κ3) is 2.38. The van der Waals surface area contributed by atoms with Crippen molar-refractivity contribution in [1.29, 1.82) is 0 Å². The van der Waals surface area contributed by atoms with Crippen molar-refractivity contribution in [1.82, 2.24) is 10.2 Å². The second-order valence-electron chi connectivity index (χ2n) is 5.06. The molecule has 1 aliphatic heterocycles. The van der Waals surface area contributed by atoms with Gasteiger partial charge >= 0.3 is 0 Å². The van der Waals surface area contributed by atoms with Crippen LogP contribution in [0.5, 0.6) is 0 Å². The third-order valence-electron chi connectivity index (χ3n) is 3.59. The van der Waals surface area contributed by atoms with Crippen LogP contribution in [0.25, 0.3) is 0 Å². The van der Waals surface area contributed by atoms with Crippen molar-refractivity contribution in [3.63, 3.8) is 0 Å². The molecule has 1 heterocycles. The van der Waals surface area contributed by atoms with Gasteiger partial charge in [-0.1, -0.05) is 20.8 Å². The van der Waals surface area contributed by atoms with E-state index in [1.165, 1.54) is 0 Å². The zero-order valence-corrected chi connectivity index (χ0v) is 11.0. The number of carbonyl (C=O) groups excluding carboxylic acids is 1. The van der Waals surface area contributed by atoms with Gasteiger partial charge in [-0.05, 0) is 19.3 Å². The van der Waals surface area contributed by atoms with E-state index in [1.54, 1.807) is 7.11 Å². The molecule has 0 aromatic rings. The Balaban J connectivity index is 2.78. The molecular formula is C12H24N2O2. The first-order chi connectivity index (χ1) is 7.46. The highest BCUT2D eigenvalue weighted by Crippen LogP contribution is 2.23. The number of nitrogens with zero attached hydrogens (tertiary/aromatic N) is 1. The SMILES string of the molecule is CCC1(C)NCN(C(COC)C(C)C)C1=O. The Bertz CT molecular complexity index is 255. The molecule has 1 fully saturated rings. The highest BCUT2D eigenvalue weighted by Gasteiger charge is 2.43. The maximum absolute atomic E-state index is 12.3. The van der Waals surface area contributed by atoms with Crippen molar-refractivity contribution >= 4 is 5.91 Å². The molecule has 1 rings (SSSR count). The molecule has 0 aliphatic carbocycles. The van der Waals surface area contributed by atoms with Gasteiger partial charge in [-0.15, -0.1) is 0 Å². The van der Waals surface area contributed by atoms with Crippen LogP contribution in [0.2, 0.25) is 0 Å². The van der Waals surface area contributed by atoms with E-state index in [2.05, 4.69) is 19.2 Å². The van der Waals surface area contributed by atoms with Crippen LogP contribution in [0, 0.1) is 5.92 Å². The van der Waals surface area contributed by atoms with E-state index in [4.69, 9.17) is 4.74 Å². The first kappa shape index (κ1) is 13.5. The summed E-state index contributed by atoms with van der Waals surface area (Å²) in [5.41, 5.74) is -0.388. The zero-order valence-electron chi connectivity index (χ0n) is 11.0. The van der Waals surface area contributed by atoms with E-state index in [0.29, 0.717) is 19.2 Å². The molecule has 0 radical (unpaired) electrons. The first-order valence-corrected chi connectivity index (χ1v) is 6.01. The lowest BCUT2D eigenvalue weighted by Crippen LogP contribution is -2.47. The summed E-state index contributed by atoms with van der Waals surface area (Å²) in [5.74, 6) is 0.607. The average molecular weight is 228 g/mol. The highest BCUT2D eigenvalue weighted by molar-refractivity contribution is 5.88. The molecular weight excluding hydrogens is 204 g/mol. The second-order valence-corrected chi connectivity index (χ2v) is 5.06. The smallest absolute Gasteiger partial charge is 0.243 e. The van der Waals surface area contributed by atoms with Crippen LogP contribution in [0.1, 0.15) is 34.1 Å². The molecule has 4 heteroatoms. The van der Waals surface area contributed by atoms with Crippen LogP contribution in [0.3, 0.4) is 0 Å². The molecule has 0 aromatic heterocycles. The van der Waals surface area contributed by atoms with Gasteiger partial charge in [0.25, 0.3) is 0 Å². The molecule has 1 N–H and O–H groups in total. The van der Waals surface area contributed by atoms with Crippen molar-refractivity contribution in [2.24, 2.45) is 5.92 Å². The molecule has 4 nitrogen and oxygen atoms in total. The van der Waals surface area contributed by atoms with Gasteiger partial charge in [0.1, 0.15) is 0 Å². The van der Waals surface area contributed by atoms with Gasteiger partial charge < -0.3 is 9.64 Å². The van der Waals surface area contributed by atoms with Crippen LogP contribution in [0.15, 0.2) is 0 Å². The Morgan fingerprint density at radius 2 is 2.19 bits per heavy atom. The number of ether oxygens (including phenoxy) is 1. The monoisotopic (exact) mass is 228 g/mol. The van der Waals surface area contributed by atoms with E-state index in [9.17, 15) is 4.79 Å². The van der Waals surface area contributed by atoms with Gasteiger partial charge in [0.05, 0.1) is 24.9 Å². The number of rotatable bonds is 5. The summed E-state index contributed by atoms with van der Waals surface area (Å²) in [5, 5.41) is 3.30. The Kier molecular flexibility index (Phi) is 4.33. The molecule has 0 bridgehead atoms. The normalized spacial score (nSPS) is 27.9. The molecule has 16 heavy (non-hydrogen) atoms. The quantitative estimate of drug-likeness (QED) is 0.769. The number of methoxy groups -OCH3 is 1. The van der Waals surface area contributed by atoms with Crippen molar-refractivity contribution in [3.05, 3.63) is 0 Å². The van der Waals surface area contributed by atoms with Crippen LogP contribution in [0.4, 0.5) is 0 Å². The molecule has 1 aliphatic rings. The lowest BCUT2D eigenvalue weighted by molar-refractivity contribution is -0.135. The summed E-state index contributed by atoms with van der Waals surface area (Å²) in [6, 6.07) is 0.165. The largest absolute Gasteiger partial charge is 0.383 e. The van der Waals surface area contributed by atoms with Gasteiger partial charge in [0.2, 0.25) is 5.91 Å². The highest BCUT2D eigenvalue weighted by atomic mass is 16.5. The molecule has 94 valence electrons. The van der Waals surface area contributed by atoms with Crippen LogP contribution in [-0.2, 0) is 9.53 Å². The molecule has 2 atom stereocenters. The minimum absolute atomic E-state index is 0.165. The summed E-state index contributed by atoms with van der Waals surface area (Å²) in [6.07, 6.45) is 0.820. The van der Waals surface area contributed by atoms with E-state index in [1.807, 2.05) is 18.7 Å². The Morgan fingerprint density at radius 3 is 2.56 bits per heavy atom. The van der Waals surface area contributed by atoms with Gasteiger partial charge in [0, 0.05) is 7.11 Å². The van der Waals surface area contributed by atoms with E-state index < -0.39 is 0 Å². The van der Waals surface area contributed by atoms with Crippen molar-refractivity contribution in [2.75, 3.05) is 20.4 Å². The van der Waals surface area contributed by atoms with Gasteiger partial charge in [-0.25, -0.2) is 0 Å². The lowest BCUT2D eigenvalue weighted by Gasteiger charge is -2.31. The maximum atomic E-state index is 12.3. The van der Waals surface area contributed by atoms with E-state index in [0.717, 1.165) is 6.42 Å². The Labute approximate surface area is 98.3 Å². The summed E-state index contributed by atoms with van der Waals surface area (Å²) < 4.78 is 5.21. The molecule has 0 saturated carbocycles. The van der Waals surface area contributed by atoms with Crippen molar-refractivity contribution in [3.8, 4) is 0 Å². The molecule has 0 spiro atoms. The Hall–Kier alpha value is -0.610. The molecule has 2 unspecified atom stereocenters. The standard InChI is InChI=1S/C12H24N2O2/c1-6-12(4)11(15)14(8-13-12)10(7-16-5)9(2)3/h9-10,13H,6-8H2,1-5H3. The number of amides is 1. The van der Waals surface area contributed by atoms with Crippen LogP contribution >= 0.6 is 0 Å². The summed E-state index contributed by atoms with van der Waals surface area (Å²) in [6.45, 7) is 9.49.